The SMILES string of the molecule is Cc1ccccc1CN1CCc2c(OCC(=O)Nc3ccccc3)cccc2C1=O. The quantitative estimate of drug-likeness (QED) is 0.674. The molecule has 1 aliphatic heterocycles. The van der Waals surface area contributed by atoms with Gasteiger partial charge >= 0.3 is 0 Å². The molecule has 5 nitrogen and oxygen atoms in total. The first-order valence-electron chi connectivity index (χ1n) is 10.0. The summed E-state index contributed by atoms with van der Waals surface area (Å²) in [5.74, 6) is 0.361. The van der Waals surface area contributed by atoms with E-state index in [-0.39, 0.29) is 18.4 Å². The molecular weight excluding hydrogens is 376 g/mol. The van der Waals surface area contributed by atoms with E-state index in [9.17, 15) is 9.59 Å². The largest absolute Gasteiger partial charge is 0.483 e. The van der Waals surface area contributed by atoms with Crippen molar-refractivity contribution in [2.45, 2.75) is 19.9 Å². The van der Waals surface area contributed by atoms with Crippen LogP contribution in [0.2, 0.25) is 0 Å². The van der Waals surface area contributed by atoms with Crippen LogP contribution in [-0.2, 0) is 17.8 Å². The van der Waals surface area contributed by atoms with E-state index in [1.54, 1.807) is 6.07 Å². The van der Waals surface area contributed by atoms with E-state index in [1.807, 2.05) is 59.5 Å². The third-order valence-electron chi connectivity index (χ3n) is 5.32. The Bertz CT molecular complexity index is 1060. The molecule has 1 heterocycles. The minimum absolute atomic E-state index is 0.00121. The van der Waals surface area contributed by atoms with Gasteiger partial charge in [0, 0.05) is 29.9 Å². The van der Waals surface area contributed by atoms with E-state index < -0.39 is 0 Å². The van der Waals surface area contributed by atoms with Crippen LogP contribution in [0.4, 0.5) is 5.69 Å². The molecular formula is C25H24N2O3. The highest BCUT2D eigenvalue weighted by Gasteiger charge is 2.27. The molecule has 0 fully saturated rings. The molecule has 152 valence electrons. The predicted octanol–water partition coefficient (Wildman–Crippen LogP) is 4.21. The van der Waals surface area contributed by atoms with E-state index in [2.05, 4.69) is 24.4 Å². The average molecular weight is 400 g/mol. The van der Waals surface area contributed by atoms with Crippen molar-refractivity contribution in [2.24, 2.45) is 0 Å². The molecule has 30 heavy (non-hydrogen) atoms. The Labute approximate surface area is 176 Å². The van der Waals surface area contributed by atoms with Crippen molar-refractivity contribution < 1.29 is 14.3 Å². The maximum Gasteiger partial charge on any atom is 0.262 e. The zero-order chi connectivity index (χ0) is 20.9. The van der Waals surface area contributed by atoms with Crippen LogP contribution in [-0.4, -0.2) is 29.9 Å². The van der Waals surface area contributed by atoms with E-state index in [1.165, 1.54) is 5.56 Å². The lowest BCUT2D eigenvalue weighted by atomic mass is 9.97. The lowest BCUT2D eigenvalue weighted by Crippen LogP contribution is -2.37. The average Bonchev–Trinajstić information content (AvgIpc) is 2.76. The number of rotatable bonds is 6. The molecule has 0 unspecified atom stereocenters. The van der Waals surface area contributed by atoms with Gasteiger partial charge in [-0.2, -0.15) is 0 Å². The number of hydrogen-bond donors (Lipinski definition) is 1. The lowest BCUT2D eigenvalue weighted by molar-refractivity contribution is -0.118. The number of aryl methyl sites for hydroxylation is 1. The Morgan fingerprint density at radius 3 is 2.57 bits per heavy atom. The number of benzene rings is 3. The van der Waals surface area contributed by atoms with Crippen molar-refractivity contribution in [1.82, 2.24) is 4.90 Å². The Balaban J connectivity index is 1.44. The fourth-order valence-electron chi connectivity index (χ4n) is 3.68. The molecule has 0 aliphatic carbocycles. The second kappa shape index (κ2) is 8.82. The predicted molar refractivity (Wildman–Crippen MR) is 117 cm³/mol. The number of ether oxygens (including phenoxy) is 1. The van der Waals surface area contributed by atoms with Gasteiger partial charge in [-0.05, 0) is 48.7 Å². The number of fused-ring (bicyclic) bond motifs is 1. The molecule has 1 N–H and O–H groups in total. The van der Waals surface area contributed by atoms with Gasteiger partial charge < -0.3 is 15.0 Å². The molecule has 0 radical (unpaired) electrons. The van der Waals surface area contributed by atoms with Crippen molar-refractivity contribution in [1.29, 1.82) is 0 Å². The summed E-state index contributed by atoms with van der Waals surface area (Å²) in [6, 6.07) is 22.8. The summed E-state index contributed by atoms with van der Waals surface area (Å²) in [5.41, 5.74) is 4.58. The molecule has 3 aromatic rings. The third-order valence-corrected chi connectivity index (χ3v) is 5.32. The second-order valence-corrected chi connectivity index (χ2v) is 7.39. The van der Waals surface area contributed by atoms with Gasteiger partial charge in [-0.1, -0.05) is 48.5 Å². The highest BCUT2D eigenvalue weighted by molar-refractivity contribution is 5.97. The van der Waals surface area contributed by atoms with Crippen molar-refractivity contribution in [3.8, 4) is 5.75 Å². The van der Waals surface area contributed by atoms with Crippen LogP contribution in [0.5, 0.6) is 5.75 Å². The number of para-hydroxylation sites is 1. The minimum Gasteiger partial charge on any atom is -0.483 e. The number of amides is 2. The molecule has 0 spiro atoms. The molecule has 1 aliphatic rings. The summed E-state index contributed by atoms with van der Waals surface area (Å²) in [5, 5.41) is 2.80. The van der Waals surface area contributed by atoms with Crippen LogP contribution >= 0.6 is 0 Å². The summed E-state index contributed by atoms with van der Waals surface area (Å²) < 4.78 is 5.78. The zero-order valence-electron chi connectivity index (χ0n) is 16.9. The normalized spacial score (nSPS) is 13.0. The molecule has 3 aromatic carbocycles. The maximum absolute atomic E-state index is 13.1. The van der Waals surface area contributed by atoms with E-state index in [0.717, 1.165) is 16.8 Å². The van der Waals surface area contributed by atoms with Gasteiger partial charge in [-0.25, -0.2) is 0 Å². The summed E-state index contributed by atoms with van der Waals surface area (Å²) in [6.07, 6.45) is 0.698. The molecule has 4 rings (SSSR count). The first-order chi connectivity index (χ1) is 14.6. The number of anilines is 1. The van der Waals surface area contributed by atoms with Gasteiger partial charge in [0.15, 0.2) is 6.61 Å². The highest BCUT2D eigenvalue weighted by atomic mass is 16.5. The number of carbonyl (C=O) groups is 2. The van der Waals surface area contributed by atoms with Crippen LogP contribution in [0.25, 0.3) is 0 Å². The van der Waals surface area contributed by atoms with Gasteiger partial charge in [-0.15, -0.1) is 0 Å². The number of carbonyl (C=O) groups excluding carboxylic acids is 2. The highest BCUT2D eigenvalue weighted by Crippen LogP contribution is 2.29. The Hall–Kier alpha value is -3.60. The first kappa shape index (κ1) is 19.7. The maximum atomic E-state index is 13.1. The van der Waals surface area contributed by atoms with E-state index >= 15 is 0 Å². The van der Waals surface area contributed by atoms with Gasteiger partial charge in [-0.3, -0.25) is 9.59 Å². The Kier molecular flexibility index (Phi) is 5.80. The summed E-state index contributed by atoms with van der Waals surface area (Å²) in [4.78, 5) is 27.1. The van der Waals surface area contributed by atoms with Crippen LogP contribution in [0, 0.1) is 6.92 Å². The summed E-state index contributed by atoms with van der Waals surface area (Å²) in [6.45, 7) is 3.17. The standard InChI is InChI=1S/C25H24N2O3/c1-18-8-5-6-9-19(18)16-27-15-14-21-22(25(27)29)12-7-13-23(21)30-17-24(28)26-20-10-3-2-4-11-20/h2-13H,14-17H2,1H3,(H,26,28). The topological polar surface area (TPSA) is 58.6 Å². The number of nitrogens with zero attached hydrogens (tertiary/aromatic N) is 1. The number of nitrogens with one attached hydrogen (secondary N) is 1. The molecule has 0 saturated carbocycles. The van der Waals surface area contributed by atoms with Gasteiger partial charge in [0.2, 0.25) is 0 Å². The number of hydrogen-bond acceptors (Lipinski definition) is 3. The van der Waals surface area contributed by atoms with Gasteiger partial charge in [0.25, 0.3) is 11.8 Å². The Morgan fingerprint density at radius 2 is 1.77 bits per heavy atom. The van der Waals surface area contributed by atoms with Gasteiger partial charge in [0.05, 0.1) is 0 Å². The fourth-order valence-corrected chi connectivity index (χ4v) is 3.68. The van der Waals surface area contributed by atoms with Crippen LogP contribution in [0.1, 0.15) is 27.0 Å². The third kappa shape index (κ3) is 4.35. The molecule has 0 bridgehead atoms. The Morgan fingerprint density at radius 1 is 1.00 bits per heavy atom. The minimum atomic E-state index is -0.234. The van der Waals surface area contributed by atoms with E-state index in [0.29, 0.717) is 30.8 Å². The zero-order valence-corrected chi connectivity index (χ0v) is 16.9. The van der Waals surface area contributed by atoms with Crippen LogP contribution in [0.3, 0.4) is 0 Å². The van der Waals surface area contributed by atoms with E-state index in [4.69, 9.17) is 4.74 Å². The lowest BCUT2D eigenvalue weighted by Gasteiger charge is -2.30. The van der Waals surface area contributed by atoms with Gasteiger partial charge in [0.1, 0.15) is 5.75 Å². The summed E-state index contributed by atoms with van der Waals surface area (Å²) >= 11 is 0. The van der Waals surface area contributed by atoms with Crippen LogP contribution < -0.4 is 10.1 Å². The fraction of sp³-hybridized carbons (Fsp3) is 0.200. The van der Waals surface area contributed by atoms with Crippen molar-refractivity contribution in [2.75, 3.05) is 18.5 Å². The van der Waals surface area contributed by atoms with Crippen molar-refractivity contribution in [3.63, 3.8) is 0 Å². The second-order valence-electron chi connectivity index (χ2n) is 7.39. The molecule has 0 aromatic heterocycles. The monoisotopic (exact) mass is 400 g/mol. The smallest absolute Gasteiger partial charge is 0.262 e. The molecule has 2 amide bonds. The first-order valence-corrected chi connectivity index (χ1v) is 10.0. The molecule has 5 heteroatoms. The molecule has 0 saturated heterocycles. The van der Waals surface area contributed by atoms with Crippen molar-refractivity contribution >= 4 is 17.5 Å². The molecule has 0 atom stereocenters. The summed E-state index contributed by atoms with van der Waals surface area (Å²) in [7, 11) is 0. The van der Waals surface area contributed by atoms with Crippen molar-refractivity contribution in [3.05, 3.63) is 95.1 Å². The van der Waals surface area contributed by atoms with Crippen LogP contribution in [0.15, 0.2) is 72.8 Å².